The van der Waals surface area contributed by atoms with Crippen molar-refractivity contribution in [1.82, 2.24) is 9.62 Å². The van der Waals surface area contributed by atoms with Crippen LogP contribution in [0.15, 0.2) is 0 Å². The fraction of sp³-hybridized carbons (Fsp3) is 1.00. The molecule has 0 aliphatic carbocycles. The summed E-state index contributed by atoms with van der Waals surface area (Å²) in [5.74, 6) is 0. The Morgan fingerprint density at radius 3 is 2.18 bits per heavy atom. The summed E-state index contributed by atoms with van der Waals surface area (Å²) in [6, 6.07) is 0.0821. The number of hydrogen-bond acceptors (Lipinski definition) is 3. The Labute approximate surface area is 107 Å². The van der Waals surface area contributed by atoms with Crippen molar-refractivity contribution in [2.75, 3.05) is 19.6 Å². The van der Waals surface area contributed by atoms with Crippen molar-refractivity contribution in [1.29, 1.82) is 0 Å². The lowest BCUT2D eigenvalue weighted by Gasteiger charge is -2.29. The van der Waals surface area contributed by atoms with E-state index in [1.165, 1.54) is 0 Å². The molecule has 0 aromatic heterocycles. The van der Waals surface area contributed by atoms with Gasteiger partial charge >= 0.3 is 0 Å². The Bertz CT molecular complexity index is 291. The zero-order valence-corrected chi connectivity index (χ0v) is 12.7. The third-order valence-corrected chi connectivity index (χ3v) is 5.54. The van der Waals surface area contributed by atoms with Gasteiger partial charge in [-0.3, -0.25) is 0 Å². The van der Waals surface area contributed by atoms with Crippen molar-refractivity contribution in [2.24, 2.45) is 0 Å². The van der Waals surface area contributed by atoms with Gasteiger partial charge in [0, 0.05) is 19.1 Å². The summed E-state index contributed by atoms with van der Waals surface area (Å²) in [6.07, 6.45) is 1.87. The van der Waals surface area contributed by atoms with Gasteiger partial charge in [0.15, 0.2) is 0 Å². The van der Waals surface area contributed by atoms with E-state index >= 15 is 0 Å². The van der Waals surface area contributed by atoms with Crippen molar-refractivity contribution in [3.8, 4) is 0 Å². The van der Waals surface area contributed by atoms with E-state index in [2.05, 4.69) is 12.2 Å². The molecule has 4 nitrogen and oxygen atoms in total. The van der Waals surface area contributed by atoms with Crippen LogP contribution in [0, 0.1) is 0 Å². The first-order valence-electron chi connectivity index (χ1n) is 6.63. The highest BCUT2D eigenvalue weighted by molar-refractivity contribution is 7.89. The number of nitrogens with one attached hydrogen (secondary N) is 1. The van der Waals surface area contributed by atoms with Gasteiger partial charge in [0.05, 0.1) is 5.25 Å². The van der Waals surface area contributed by atoms with Crippen LogP contribution >= 0.6 is 0 Å². The summed E-state index contributed by atoms with van der Waals surface area (Å²) in [4.78, 5) is 0. The van der Waals surface area contributed by atoms with E-state index in [0.29, 0.717) is 13.1 Å². The van der Waals surface area contributed by atoms with Crippen molar-refractivity contribution in [2.45, 2.75) is 58.8 Å². The molecule has 0 bridgehead atoms. The van der Waals surface area contributed by atoms with Crippen LogP contribution in [0.25, 0.3) is 0 Å². The van der Waals surface area contributed by atoms with E-state index in [9.17, 15) is 8.42 Å². The van der Waals surface area contributed by atoms with Crippen molar-refractivity contribution in [3.63, 3.8) is 0 Å². The van der Waals surface area contributed by atoms with E-state index in [1.807, 2.05) is 20.8 Å². The largest absolute Gasteiger partial charge is 0.315 e. The Morgan fingerprint density at radius 2 is 1.76 bits per heavy atom. The number of rotatable bonds is 9. The second-order valence-corrected chi connectivity index (χ2v) is 6.82. The Morgan fingerprint density at radius 1 is 1.18 bits per heavy atom. The zero-order valence-electron chi connectivity index (χ0n) is 11.9. The lowest BCUT2D eigenvalue weighted by atomic mass is 10.3. The Hall–Kier alpha value is -0.130. The molecule has 0 radical (unpaired) electrons. The smallest absolute Gasteiger partial charge is 0.218 e. The molecule has 0 saturated carbocycles. The van der Waals surface area contributed by atoms with Crippen LogP contribution in [-0.4, -0.2) is 43.6 Å². The molecule has 0 heterocycles. The standard InChI is InChI=1S/C12H28N2O2S/c1-6-9-13-10-12(5)17(15,16)14(8-3)11(4)7-2/h11-13H,6-10H2,1-5H3. The molecule has 0 rings (SSSR count). The fourth-order valence-corrected chi connectivity index (χ4v) is 3.57. The first-order chi connectivity index (χ1) is 7.91. The van der Waals surface area contributed by atoms with Crippen LogP contribution < -0.4 is 5.32 Å². The maximum Gasteiger partial charge on any atom is 0.218 e. The topological polar surface area (TPSA) is 49.4 Å². The molecule has 0 aliphatic rings. The normalized spacial score (nSPS) is 16.1. The van der Waals surface area contributed by atoms with Crippen LogP contribution in [0.3, 0.4) is 0 Å². The molecular formula is C12H28N2O2S. The molecule has 17 heavy (non-hydrogen) atoms. The molecule has 2 atom stereocenters. The predicted octanol–water partition coefficient (Wildman–Crippen LogP) is 1.82. The second-order valence-electron chi connectivity index (χ2n) is 4.52. The minimum absolute atomic E-state index is 0.0821. The van der Waals surface area contributed by atoms with Crippen molar-refractivity contribution < 1.29 is 8.42 Å². The van der Waals surface area contributed by atoms with Gasteiger partial charge in [-0.1, -0.05) is 20.8 Å². The van der Waals surface area contributed by atoms with E-state index < -0.39 is 10.0 Å². The first-order valence-corrected chi connectivity index (χ1v) is 8.13. The quantitative estimate of drug-likeness (QED) is 0.646. The molecular weight excluding hydrogens is 236 g/mol. The van der Waals surface area contributed by atoms with Crippen LogP contribution in [0.1, 0.15) is 47.5 Å². The second kappa shape index (κ2) is 8.06. The summed E-state index contributed by atoms with van der Waals surface area (Å²) < 4.78 is 26.3. The monoisotopic (exact) mass is 264 g/mol. The predicted molar refractivity (Wildman–Crippen MR) is 73.7 cm³/mol. The summed E-state index contributed by atoms with van der Waals surface area (Å²) in [7, 11) is -3.17. The molecule has 0 aromatic rings. The highest BCUT2D eigenvalue weighted by Gasteiger charge is 2.30. The van der Waals surface area contributed by atoms with Gasteiger partial charge in [-0.05, 0) is 33.2 Å². The molecule has 0 aliphatic heterocycles. The van der Waals surface area contributed by atoms with E-state index in [1.54, 1.807) is 11.2 Å². The number of hydrogen-bond donors (Lipinski definition) is 1. The van der Waals surface area contributed by atoms with Gasteiger partial charge in [-0.2, -0.15) is 4.31 Å². The van der Waals surface area contributed by atoms with Crippen molar-refractivity contribution in [3.05, 3.63) is 0 Å². The Kier molecular flexibility index (Phi) is 8.00. The molecule has 0 spiro atoms. The maximum absolute atomic E-state index is 12.3. The minimum Gasteiger partial charge on any atom is -0.315 e. The van der Waals surface area contributed by atoms with Gasteiger partial charge in [0.1, 0.15) is 0 Å². The van der Waals surface area contributed by atoms with Gasteiger partial charge < -0.3 is 5.32 Å². The van der Waals surface area contributed by atoms with Gasteiger partial charge in [0.25, 0.3) is 0 Å². The SMILES string of the molecule is CCCNCC(C)S(=O)(=O)N(CC)C(C)CC. The highest BCUT2D eigenvalue weighted by atomic mass is 32.2. The third-order valence-electron chi connectivity index (χ3n) is 3.09. The maximum atomic E-state index is 12.3. The van der Waals surface area contributed by atoms with Gasteiger partial charge in [0.2, 0.25) is 10.0 Å². The molecule has 5 heteroatoms. The summed E-state index contributed by atoms with van der Waals surface area (Å²) in [5, 5.41) is 2.81. The van der Waals surface area contributed by atoms with Crippen LogP contribution in [0.2, 0.25) is 0 Å². The van der Waals surface area contributed by atoms with Crippen LogP contribution in [-0.2, 0) is 10.0 Å². The van der Waals surface area contributed by atoms with Crippen LogP contribution in [0.4, 0.5) is 0 Å². The van der Waals surface area contributed by atoms with E-state index in [0.717, 1.165) is 19.4 Å². The molecule has 0 saturated heterocycles. The molecule has 0 amide bonds. The summed E-state index contributed by atoms with van der Waals surface area (Å²) in [6.45, 7) is 11.7. The van der Waals surface area contributed by atoms with Gasteiger partial charge in [-0.25, -0.2) is 8.42 Å². The fourth-order valence-electron chi connectivity index (χ4n) is 1.76. The molecule has 0 fully saturated rings. The number of sulfonamides is 1. The lowest BCUT2D eigenvalue weighted by molar-refractivity contribution is 0.337. The molecule has 104 valence electrons. The molecule has 1 N–H and O–H groups in total. The summed E-state index contributed by atoms with van der Waals surface area (Å²) in [5.41, 5.74) is 0. The highest BCUT2D eigenvalue weighted by Crippen LogP contribution is 2.14. The lowest BCUT2D eigenvalue weighted by Crippen LogP contribution is -2.45. The van der Waals surface area contributed by atoms with E-state index in [-0.39, 0.29) is 11.3 Å². The van der Waals surface area contributed by atoms with Crippen LogP contribution in [0.5, 0.6) is 0 Å². The van der Waals surface area contributed by atoms with E-state index in [4.69, 9.17) is 0 Å². The Balaban J connectivity index is 4.61. The molecule has 2 unspecified atom stereocenters. The average Bonchev–Trinajstić information content (AvgIpc) is 2.29. The minimum atomic E-state index is -3.17. The first kappa shape index (κ1) is 16.9. The summed E-state index contributed by atoms with van der Waals surface area (Å²) >= 11 is 0. The molecule has 0 aromatic carbocycles. The number of nitrogens with zero attached hydrogens (tertiary/aromatic N) is 1. The van der Waals surface area contributed by atoms with Gasteiger partial charge in [-0.15, -0.1) is 0 Å². The average molecular weight is 264 g/mol. The van der Waals surface area contributed by atoms with Crippen molar-refractivity contribution >= 4 is 10.0 Å². The third kappa shape index (κ3) is 4.94. The zero-order chi connectivity index (χ0) is 13.5.